The summed E-state index contributed by atoms with van der Waals surface area (Å²) in [6, 6.07) is -9.44. The zero-order valence-corrected chi connectivity index (χ0v) is 81.8. The monoisotopic (exact) mass is 2010 g/mol. The predicted molar refractivity (Wildman–Crippen MR) is 555 cm³/mol. The van der Waals surface area contributed by atoms with E-state index in [1.165, 1.54) is 28.4 Å². The Bertz CT molecular complexity index is 8370. The molecule has 0 aliphatic carbocycles. The molecule has 12 aliphatic heterocycles. The lowest BCUT2D eigenvalue weighted by Crippen LogP contribution is -2.46. The van der Waals surface area contributed by atoms with Gasteiger partial charge in [-0.2, -0.15) is 0 Å². The molecule has 0 amide bonds. The van der Waals surface area contributed by atoms with Crippen LogP contribution in [0.1, 0.15) is 370 Å². The molecular weight excluding hydrogens is 1780 g/mol. The highest BCUT2D eigenvalue weighted by molar-refractivity contribution is 5.86. The standard InChI is InChI=1S/3C20H29NO3.3C19H27NO3/c3*1-5-13(2)8-15-12-21-7-6-14-9-19(23-3)20(24-4)10-16(14)17(21)11-18(15)22;3*1-12(2)7-14-11-20-6-5-13-8-18(22-3)19(23-4)9-15(13)16(20)10-17(14)21/h3*9-10,13,15,17H,5-8,11-12H2,1-4H3;3*8-9,12,14,16H,5-7,10-11H2,1-4H3/i2D3,3D3,5D2,8D2,9D,10D,11D2,13D,15D;2D3,3D3,5D2,8D2,9D,10D,12D2,13D;2D3,3D3,5D2,8D2,9D,10D,13D;3D3,8D,9D,10D2,14D;3D3,8D,9D,11D2;3D3,8D,9D. The third-order valence-corrected chi connectivity index (χ3v) is 26.4. The third kappa shape index (κ3) is 25.6. The lowest BCUT2D eigenvalue weighted by molar-refractivity contribution is -0.130. The number of Topliss-reactive ketones (excluding diaryl/α,β-unsaturated/α-hetero) is 6. The fourth-order valence-electron chi connectivity index (χ4n) is 19.6. The molecule has 24 heteroatoms. The van der Waals surface area contributed by atoms with Crippen molar-refractivity contribution in [1.29, 1.82) is 0 Å². The first kappa shape index (κ1) is 52.2. The normalized spacial score (nSPS) is 35.8. The summed E-state index contributed by atoms with van der Waals surface area (Å²) in [6.45, 7) is -1.17. The number of rotatable bonds is 27. The highest BCUT2D eigenvalue weighted by Crippen LogP contribution is 2.51. The number of carbonyl (C=O) groups is 6. The summed E-state index contributed by atoms with van der Waals surface area (Å²) in [4.78, 5) is 88.7. The number of piperidine rings is 6. The van der Waals surface area contributed by atoms with Crippen molar-refractivity contribution in [2.75, 3.05) is 163 Å². The summed E-state index contributed by atoms with van der Waals surface area (Å²) in [7, 11) is -10.1. The topological polar surface area (TPSA) is 233 Å². The SMILES string of the molecule is [2H]c1c2c(c([2H])c(OC)c1OC([2H])([2H])[2H])C1CC(=O)C(C([2H])([2H])C([2H])(C([2H])([2H])[2H])C([2H])([2H])C)C([2H])([2H])N1CC2.[2H]c1c2c(c([2H])c(OC)c1OC([2H])([2H])[2H])C1CC(=O)C(C([2H])([2H])C([2H])(C([2H])([2H])[2H])C([2H])([2H])C)CN1CC2.[2H]c1c2c(c([2H])c(OC)c1OC([2H])([2H])[2H])C1CC(=O)C(CC(C)C)C([2H])([2H])N1CC2.[2H]c1c2c(c([2H])c(OC)c1OC([2H])([2H])[2H])C1CC(=O)C(CC(C)C)CN1CC2.[2H]c1c2c(c([2H])c(OC)c1OC([2H])([2H])[2H])C1N(CC2)CC([2H])(C([2H])([2H])C([2H])(C([2H])([2H])[2H])C([2H])([2H])C)C(=O)C1([2H])[2H].[2H]c1c2c(c([2H])c(OC)c1OC([2H])([2H])[2H])C1N(CC2)CC([2H])(CC(C)C)C(=O)C1([2H])[2H]. The number of hydrogen-bond acceptors (Lipinski definition) is 24. The Morgan fingerprint density at radius 2 is 0.560 bits per heavy atom. The van der Waals surface area contributed by atoms with Gasteiger partial charge in [-0.1, -0.05) is 102 Å². The minimum absolute atomic E-state index is 0.00233. The Labute approximate surface area is 932 Å². The molecule has 12 aliphatic rings. The van der Waals surface area contributed by atoms with Crippen LogP contribution >= 0.6 is 0 Å². The van der Waals surface area contributed by atoms with Crippen LogP contribution in [0.4, 0.5) is 0 Å². The second-order valence-corrected chi connectivity index (χ2v) is 36.7. The van der Waals surface area contributed by atoms with Gasteiger partial charge in [0.15, 0.2) is 69.0 Å². The van der Waals surface area contributed by atoms with Crippen molar-refractivity contribution >= 4 is 34.7 Å². The van der Waals surface area contributed by atoms with Gasteiger partial charge in [-0.05, 0) is 252 Å². The first-order chi connectivity index (χ1) is 92.6. The summed E-state index contributed by atoms with van der Waals surface area (Å²) >= 11 is 0. The minimum atomic E-state index is -3.77. The van der Waals surface area contributed by atoms with E-state index in [4.69, 9.17) is 145 Å². The quantitative estimate of drug-likeness (QED) is 0.0466. The van der Waals surface area contributed by atoms with Gasteiger partial charge in [-0.15, -0.1) is 0 Å². The van der Waals surface area contributed by atoms with E-state index in [1.807, 2.05) is 27.7 Å². The van der Waals surface area contributed by atoms with E-state index in [-0.39, 0.29) is 254 Å². The molecule has 0 N–H and O–H groups in total. The zero-order chi connectivity index (χ0) is 157. The second-order valence-electron chi connectivity index (χ2n) is 36.7. The molecule has 0 spiro atoms. The molecule has 0 bridgehead atoms. The van der Waals surface area contributed by atoms with Crippen LogP contribution in [0.2, 0.25) is 0 Å². The summed E-state index contributed by atoms with van der Waals surface area (Å²) in [5, 5.41) is 0. The Hall–Kier alpha value is -9.30. The first-order valence-corrected chi connectivity index (χ1v) is 46.7. The van der Waals surface area contributed by atoms with Crippen LogP contribution < -0.4 is 56.8 Å². The van der Waals surface area contributed by atoms with Gasteiger partial charge in [0, 0.05) is 235 Å². The van der Waals surface area contributed by atoms with Crippen LogP contribution in [0.3, 0.4) is 0 Å². The Kier molecular flexibility index (Phi) is 18.5. The smallest absolute Gasteiger partial charge is 0.161 e. The largest absolute Gasteiger partial charge is 0.493 e. The molecule has 6 saturated heterocycles. The number of fused-ring (bicyclic) bond motifs is 18. The Balaban J connectivity index is 0.000000198. The van der Waals surface area contributed by atoms with E-state index in [9.17, 15) is 28.8 Å². The highest BCUT2D eigenvalue weighted by Gasteiger charge is 2.47. The second kappa shape index (κ2) is 50.0. The molecule has 12 heterocycles. The third-order valence-electron chi connectivity index (χ3n) is 26.4. The number of ketones is 6. The van der Waals surface area contributed by atoms with Gasteiger partial charge in [0.1, 0.15) is 34.7 Å². The maximum absolute atomic E-state index is 13.7. The van der Waals surface area contributed by atoms with E-state index < -0.39 is 299 Å². The van der Waals surface area contributed by atoms with Crippen LogP contribution in [-0.2, 0) is 67.3 Å². The molecule has 0 saturated carbocycles. The molecule has 6 fully saturated rings. The molecule has 15 atom stereocenters. The van der Waals surface area contributed by atoms with Crippen LogP contribution in [-0.4, -0.2) is 227 Å². The molecule has 0 aromatic heterocycles. The number of ether oxygens (including phenoxy) is 12. The van der Waals surface area contributed by atoms with Gasteiger partial charge in [0.25, 0.3) is 0 Å². The van der Waals surface area contributed by atoms with Crippen LogP contribution in [0, 0.1) is 70.9 Å². The van der Waals surface area contributed by atoms with Gasteiger partial charge in [-0.25, -0.2) is 0 Å². The average molecular weight is 2010 g/mol. The number of nitrogens with zero attached hydrogens (tertiary/aromatic N) is 6. The van der Waals surface area contributed by atoms with Gasteiger partial charge in [0.05, 0.1) is 126 Å². The van der Waals surface area contributed by atoms with E-state index in [0.29, 0.717) is 79.9 Å². The first-order valence-electron chi connectivity index (χ1n) is 78.7. The van der Waals surface area contributed by atoms with E-state index in [1.54, 1.807) is 14.7 Å². The number of methoxy groups -OCH3 is 12. The lowest BCUT2D eigenvalue weighted by atomic mass is 9.79. The van der Waals surface area contributed by atoms with Crippen molar-refractivity contribution in [3.05, 3.63) is 139 Å². The van der Waals surface area contributed by atoms with Crippen LogP contribution in [0.25, 0.3) is 0 Å². The average Bonchev–Trinajstić information content (AvgIpc) is 0.671. The molecular formula is C117H168N6O18. The number of hydrogen-bond donors (Lipinski definition) is 0. The van der Waals surface area contributed by atoms with Gasteiger partial charge in [0.2, 0.25) is 0 Å². The molecule has 774 valence electrons. The Morgan fingerprint density at radius 3 is 0.879 bits per heavy atom. The molecule has 141 heavy (non-hydrogen) atoms. The van der Waals surface area contributed by atoms with Crippen molar-refractivity contribution < 1.29 is 173 Å². The van der Waals surface area contributed by atoms with Crippen molar-refractivity contribution in [3.8, 4) is 69.0 Å². The molecule has 18 rings (SSSR count). The number of benzene rings is 6. The van der Waals surface area contributed by atoms with Gasteiger partial charge in [-0.3, -0.25) is 58.2 Å². The van der Waals surface area contributed by atoms with Crippen molar-refractivity contribution in [1.82, 2.24) is 29.4 Å². The minimum Gasteiger partial charge on any atom is -0.493 e. The summed E-state index contributed by atoms with van der Waals surface area (Å²) in [5.74, 6) is -28.2. The van der Waals surface area contributed by atoms with Crippen molar-refractivity contribution in [3.63, 3.8) is 0 Å². The van der Waals surface area contributed by atoms with E-state index in [0.717, 1.165) is 37.4 Å². The van der Waals surface area contributed by atoms with Crippen molar-refractivity contribution in [2.24, 2.45) is 70.9 Å². The molecule has 15 unspecified atom stereocenters. The predicted octanol–water partition coefficient (Wildman–Crippen LogP) is 20.6. The number of carbonyl (C=O) groups excluding carboxylic acids is 6. The fourth-order valence-corrected chi connectivity index (χ4v) is 19.6. The van der Waals surface area contributed by atoms with E-state index >= 15 is 0 Å². The summed E-state index contributed by atoms with van der Waals surface area (Å²) in [6.07, 6.45) is -23.4. The van der Waals surface area contributed by atoms with Gasteiger partial charge >= 0.3 is 0 Å². The van der Waals surface area contributed by atoms with Crippen molar-refractivity contribution in [2.45, 2.75) is 254 Å². The lowest BCUT2D eigenvalue weighted by Gasteiger charge is -2.43. The summed E-state index contributed by atoms with van der Waals surface area (Å²) in [5.41, 5.74) is 2.69. The van der Waals surface area contributed by atoms with Crippen LogP contribution in [0.15, 0.2) is 72.5 Å². The molecule has 6 aromatic rings. The molecule has 24 nitrogen and oxygen atoms in total. The van der Waals surface area contributed by atoms with E-state index in [2.05, 4.69) is 18.7 Å². The fraction of sp³-hybridized carbons (Fsp3) is 0.641. The van der Waals surface area contributed by atoms with Crippen LogP contribution in [0.5, 0.6) is 69.0 Å². The Morgan fingerprint density at radius 1 is 0.312 bits per heavy atom. The maximum Gasteiger partial charge on any atom is 0.161 e. The molecule has 0 radical (unpaired) electrons. The maximum atomic E-state index is 13.7. The molecule has 6 aromatic carbocycles. The van der Waals surface area contributed by atoms with Gasteiger partial charge < -0.3 is 56.8 Å². The summed E-state index contributed by atoms with van der Waals surface area (Å²) < 4.78 is 579. The zero-order valence-electron chi connectivity index (χ0n) is 146. The highest BCUT2D eigenvalue weighted by atomic mass is 16.5.